The monoisotopic (exact) mass is 284 g/mol. The van der Waals surface area contributed by atoms with E-state index in [9.17, 15) is 10.1 Å². The largest absolute Gasteiger partial charge is 0.274 e. The van der Waals surface area contributed by atoms with Gasteiger partial charge in [-0.15, -0.1) is 0 Å². The maximum absolute atomic E-state index is 10.9. The van der Waals surface area contributed by atoms with Crippen LogP contribution in [0.2, 0.25) is 5.15 Å². The van der Waals surface area contributed by atoms with E-state index in [1.165, 1.54) is 12.1 Å². The highest BCUT2D eigenvalue weighted by Crippen LogP contribution is 2.30. The maximum atomic E-state index is 10.9. The number of rotatable bonds is 2. The van der Waals surface area contributed by atoms with Crippen molar-refractivity contribution in [3.8, 4) is 11.3 Å². The topological polar surface area (TPSA) is 56.0 Å². The van der Waals surface area contributed by atoms with Crippen molar-refractivity contribution in [2.24, 2.45) is 0 Å². The third-order valence-electron chi connectivity index (χ3n) is 3.06. The number of halogens is 1. The molecular formula is C15H9ClN2O2. The lowest BCUT2D eigenvalue weighted by Gasteiger charge is -2.06. The molecule has 20 heavy (non-hydrogen) atoms. The lowest BCUT2D eigenvalue weighted by molar-refractivity contribution is -0.384. The smallest absolute Gasteiger partial charge is 0.258 e. The fourth-order valence-electron chi connectivity index (χ4n) is 2.18. The minimum Gasteiger partial charge on any atom is -0.258 e. The number of pyridine rings is 1. The van der Waals surface area contributed by atoms with Crippen LogP contribution in [0.1, 0.15) is 0 Å². The molecule has 0 unspecified atom stereocenters. The Bertz CT molecular complexity index is 813. The van der Waals surface area contributed by atoms with Crippen molar-refractivity contribution >= 4 is 28.1 Å². The highest BCUT2D eigenvalue weighted by molar-refractivity contribution is 6.29. The normalized spacial score (nSPS) is 10.7. The zero-order valence-electron chi connectivity index (χ0n) is 10.3. The van der Waals surface area contributed by atoms with Gasteiger partial charge in [-0.05, 0) is 10.8 Å². The summed E-state index contributed by atoms with van der Waals surface area (Å²) in [7, 11) is 0. The van der Waals surface area contributed by atoms with Gasteiger partial charge in [-0.3, -0.25) is 10.1 Å². The standard InChI is InChI=1S/C15H9ClN2O2/c16-15-9-11(18(19)20)8-14(17-15)13-7-3-5-10-4-1-2-6-12(10)13/h1-9H. The van der Waals surface area contributed by atoms with E-state index in [0.29, 0.717) is 5.69 Å². The zero-order valence-corrected chi connectivity index (χ0v) is 11.0. The summed E-state index contributed by atoms with van der Waals surface area (Å²) in [5.41, 5.74) is 1.27. The SMILES string of the molecule is O=[N+]([O-])c1cc(Cl)nc(-c2cccc3ccccc23)c1. The quantitative estimate of drug-likeness (QED) is 0.396. The van der Waals surface area contributed by atoms with Crippen LogP contribution in [0.3, 0.4) is 0 Å². The Hall–Kier alpha value is -2.46. The summed E-state index contributed by atoms with van der Waals surface area (Å²) >= 11 is 5.88. The fraction of sp³-hybridized carbons (Fsp3) is 0. The van der Waals surface area contributed by atoms with Crippen LogP contribution >= 0.6 is 11.6 Å². The van der Waals surface area contributed by atoms with Crippen LogP contribution in [-0.2, 0) is 0 Å². The van der Waals surface area contributed by atoms with Gasteiger partial charge in [0.2, 0.25) is 0 Å². The zero-order chi connectivity index (χ0) is 14.1. The van der Waals surface area contributed by atoms with Crippen LogP contribution in [0.25, 0.3) is 22.0 Å². The Balaban J connectivity index is 2.28. The first kappa shape index (κ1) is 12.6. The highest BCUT2D eigenvalue weighted by Gasteiger charge is 2.13. The fourth-order valence-corrected chi connectivity index (χ4v) is 2.38. The average molecular weight is 285 g/mol. The van der Waals surface area contributed by atoms with Gasteiger partial charge in [0.1, 0.15) is 5.15 Å². The second-order valence-electron chi connectivity index (χ2n) is 4.32. The Morgan fingerprint density at radius 1 is 1.05 bits per heavy atom. The molecule has 0 amide bonds. The van der Waals surface area contributed by atoms with E-state index in [2.05, 4.69) is 4.98 Å². The number of nitrogens with zero attached hydrogens (tertiary/aromatic N) is 2. The van der Waals surface area contributed by atoms with Crippen molar-refractivity contribution in [3.63, 3.8) is 0 Å². The van der Waals surface area contributed by atoms with Gasteiger partial charge < -0.3 is 0 Å². The first-order chi connectivity index (χ1) is 9.65. The van der Waals surface area contributed by atoms with Crippen LogP contribution in [-0.4, -0.2) is 9.91 Å². The van der Waals surface area contributed by atoms with Crippen molar-refractivity contribution in [1.29, 1.82) is 0 Å². The second kappa shape index (κ2) is 4.90. The van der Waals surface area contributed by atoms with E-state index < -0.39 is 4.92 Å². The highest BCUT2D eigenvalue weighted by atomic mass is 35.5. The molecule has 0 radical (unpaired) electrons. The molecule has 3 rings (SSSR count). The predicted octanol–water partition coefficient (Wildman–Crippen LogP) is 4.46. The Morgan fingerprint density at radius 3 is 2.60 bits per heavy atom. The molecule has 0 saturated carbocycles. The number of nitro groups is 1. The van der Waals surface area contributed by atoms with Gasteiger partial charge in [0, 0.05) is 11.6 Å². The summed E-state index contributed by atoms with van der Waals surface area (Å²) in [6.07, 6.45) is 0. The van der Waals surface area contributed by atoms with E-state index >= 15 is 0 Å². The van der Waals surface area contributed by atoms with Crippen molar-refractivity contribution in [3.05, 3.63) is 69.9 Å². The van der Waals surface area contributed by atoms with Gasteiger partial charge in [0.25, 0.3) is 5.69 Å². The van der Waals surface area contributed by atoms with Gasteiger partial charge in [-0.25, -0.2) is 4.98 Å². The second-order valence-corrected chi connectivity index (χ2v) is 4.70. The molecule has 0 bridgehead atoms. The molecule has 1 heterocycles. The van der Waals surface area contributed by atoms with E-state index in [-0.39, 0.29) is 10.8 Å². The lowest BCUT2D eigenvalue weighted by Crippen LogP contribution is -1.92. The minimum atomic E-state index is -0.470. The van der Waals surface area contributed by atoms with Crippen LogP contribution in [0.15, 0.2) is 54.6 Å². The molecule has 2 aromatic carbocycles. The first-order valence-corrected chi connectivity index (χ1v) is 6.33. The molecule has 0 N–H and O–H groups in total. The molecule has 5 heteroatoms. The van der Waals surface area contributed by atoms with Crippen LogP contribution in [0.4, 0.5) is 5.69 Å². The van der Waals surface area contributed by atoms with Gasteiger partial charge in [-0.1, -0.05) is 54.1 Å². The van der Waals surface area contributed by atoms with Gasteiger partial charge >= 0.3 is 0 Å². The van der Waals surface area contributed by atoms with Crippen LogP contribution in [0, 0.1) is 10.1 Å². The predicted molar refractivity (Wildman–Crippen MR) is 78.8 cm³/mol. The number of aromatic nitrogens is 1. The van der Waals surface area contributed by atoms with Crippen molar-refractivity contribution in [2.45, 2.75) is 0 Å². The molecular weight excluding hydrogens is 276 g/mol. The third-order valence-corrected chi connectivity index (χ3v) is 3.25. The van der Waals surface area contributed by atoms with Crippen LogP contribution in [0.5, 0.6) is 0 Å². The van der Waals surface area contributed by atoms with Gasteiger partial charge in [0.05, 0.1) is 16.7 Å². The molecule has 1 aromatic heterocycles. The summed E-state index contributed by atoms with van der Waals surface area (Å²) in [6.45, 7) is 0. The molecule has 3 aromatic rings. The molecule has 4 nitrogen and oxygen atoms in total. The maximum Gasteiger partial charge on any atom is 0.274 e. The summed E-state index contributed by atoms with van der Waals surface area (Å²) in [5, 5.41) is 13.1. The molecule has 0 saturated heterocycles. The van der Waals surface area contributed by atoms with E-state index in [0.717, 1.165) is 16.3 Å². The number of fused-ring (bicyclic) bond motifs is 1. The molecule has 0 fully saturated rings. The Kier molecular flexibility index (Phi) is 3.08. The van der Waals surface area contributed by atoms with E-state index in [1.807, 2.05) is 42.5 Å². The summed E-state index contributed by atoms with van der Waals surface area (Å²) in [5.74, 6) is 0. The van der Waals surface area contributed by atoms with Crippen molar-refractivity contribution in [2.75, 3.05) is 0 Å². The molecule has 0 aliphatic rings. The third kappa shape index (κ3) is 2.21. The van der Waals surface area contributed by atoms with E-state index in [1.54, 1.807) is 0 Å². The molecule has 0 spiro atoms. The summed E-state index contributed by atoms with van der Waals surface area (Å²) in [6, 6.07) is 16.3. The van der Waals surface area contributed by atoms with Crippen LogP contribution < -0.4 is 0 Å². The number of benzene rings is 2. The lowest BCUT2D eigenvalue weighted by atomic mass is 10.0. The van der Waals surface area contributed by atoms with E-state index in [4.69, 9.17) is 11.6 Å². The van der Waals surface area contributed by atoms with Gasteiger partial charge in [0.15, 0.2) is 0 Å². The first-order valence-electron chi connectivity index (χ1n) is 5.95. The summed E-state index contributed by atoms with van der Waals surface area (Å²) < 4.78 is 0. The van der Waals surface area contributed by atoms with Crippen molar-refractivity contribution in [1.82, 2.24) is 4.98 Å². The number of hydrogen-bond donors (Lipinski definition) is 0. The average Bonchev–Trinajstić information content (AvgIpc) is 2.46. The molecule has 0 aliphatic heterocycles. The molecule has 98 valence electrons. The van der Waals surface area contributed by atoms with Gasteiger partial charge in [-0.2, -0.15) is 0 Å². The molecule has 0 aliphatic carbocycles. The van der Waals surface area contributed by atoms with Crippen molar-refractivity contribution < 1.29 is 4.92 Å². The summed E-state index contributed by atoms with van der Waals surface area (Å²) in [4.78, 5) is 14.6. The Labute approximate surface area is 119 Å². The molecule has 0 atom stereocenters. The number of hydrogen-bond acceptors (Lipinski definition) is 3. The minimum absolute atomic E-state index is 0.0621. The Morgan fingerprint density at radius 2 is 1.80 bits per heavy atom.